The first-order valence-electron chi connectivity index (χ1n) is 11.9. The third-order valence-corrected chi connectivity index (χ3v) is 7.00. The van der Waals surface area contributed by atoms with E-state index in [0.29, 0.717) is 12.5 Å². The van der Waals surface area contributed by atoms with Gasteiger partial charge in [0.2, 0.25) is 5.91 Å². The van der Waals surface area contributed by atoms with Gasteiger partial charge in [0, 0.05) is 18.9 Å². The highest BCUT2D eigenvalue weighted by atomic mass is 16.5. The lowest BCUT2D eigenvalue weighted by Gasteiger charge is -2.26. The Bertz CT molecular complexity index is 1030. The number of hydrogen-bond acceptors (Lipinski definition) is 4. The van der Waals surface area contributed by atoms with Gasteiger partial charge in [-0.15, -0.1) is 0 Å². The SMILES string of the molecule is CC(C)(CNC(=O)C(CCC(=O)O)NC(=O)OCC1c2ccccc2-c2ccccc21)C1CC1. The van der Waals surface area contributed by atoms with Crippen LogP contribution in [0.2, 0.25) is 0 Å². The maximum Gasteiger partial charge on any atom is 0.407 e. The number of carbonyl (C=O) groups is 3. The lowest BCUT2D eigenvalue weighted by molar-refractivity contribution is -0.137. The molecule has 0 spiro atoms. The Hall–Kier alpha value is -3.35. The zero-order valence-corrected chi connectivity index (χ0v) is 19.7. The Labute approximate surface area is 199 Å². The lowest BCUT2D eigenvalue weighted by Crippen LogP contribution is -2.49. The van der Waals surface area contributed by atoms with Crippen molar-refractivity contribution in [2.75, 3.05) is 13.2 Å². The topological polar surface area (TPSA) is 105 Å². The van der Waals surface area contributed by atoms with Crippen LogP contribution in [0.25, 0.3) is 11.1 Å². The van der Waals surface area contributed by atoms with Crippen LogP contribution in [0.15, 0.2) is 48.5 Å². The highest BCUT2D eigenvalue weighted by molar-refractivity contribution is 5.86. The van der Waals surface area contributed by atoms with Crippen LogP contribution >= 0.6 is 0 Å². The molecule has 0 aromatic heterocycles. The van der Waals surface area contributed by atoms with Gasteiger partial charge in [-0.2, -0.15) is 0 Å². The number of carbonyl (C=O) groups excluding carboxylic acids is 2. The van der Waals surface area contributed by atoms with Crippen molar-refractivity contribution in [3.05, 3.63) is 59.7 Å². The number of benzene rings is 2. The highest BCUT2D eigenvalue weighted by Crippen LogP contribution is 2.45. The molecule has 2 aliphatic carbocycles. The maximum absolute atomic E-state index is 12.8. The Morgan fingerprint density at radius 2 is 1.62 bits per heavy atom. The van der Waals surface area contributed by atoms with Crippen LogP contribution in [-0.4, -0.2) is 42.3 Å². The number of carboxylic acids is 1. The molecule has 1 saturated carbocycles. The number of ether oxygens (including phenoxy) is 1. The summed E-state index contributed by atoms with van der Waals surface area (Å²) in [6.07, 6.45) is 1.35. The van der Waals surface area contributed by atoms with E-state index in [2.05, 4.69) is 36.6 Å². The van der Waals surface area contributed by atoms with Gasteiger partial charge in [-0.3, -0.25) is 9.59 Å². The van der Waals surface area contributed by atoms with Gasteiger partial charge in [-0.1, -0.05) is 62.4 Å². The molecular weight excluding hydrogens is 432 g/mol. The van der Waals surface area contributed by atoms with Crippen molar-refractivity contribution in [2.45, 2.75) is 51.5 Å². The van der Waals surface area contributed by atoms with Crippen LogP contribution in [0.1, 0.15) is 56.6 Å². The summed E-state index contributed by atoms with van der Waals surface area (Å²) in [5, 5.41) is 14.6. The van der Waals surface area contributed by atoms with Gasteiger partial charge in [-0.05, 0) is 52.8 Å². The molecule has 1 fully saturated rings. The largest absolute Gasteiger partial charge is 0.481 e. The predicted molar refractivity (Wildman–Crippen MR) is 128 cm³/mol. The average molecular weight is 465 g/mol. The molecule has 1 atom stereocenters. The minimum absolute atomic E-state index is 0.00474. The number of carboxylic acid groups (broad SMARTS) is 1. The molecule has 0 heterocycles. The van der Waals surface area contributed by atoms with E-state index >= 15 is 0 Å². The van der Waals surface area contributed by atoms with Crippen LogP contribution in [0.3, 0.4) is 0 Å². The van der Waals surface area contributed by atoms with Crippen molar-refractivity contribution in [2.24, 2.45) is 11.3 Å². The molecule has 4 rings (SSSR count). The van der Waals surface area contributed by atoms with Crippen LogP contribution < -0.4 is 10.6 Å². The molecule has 0 radical (unpaired) electrons. The Morgan fingerprint density at radius 3 is 2.18 bits per heavy atom. The second kappa shape index (κ2) is 9.87. The van der Waals surface area contributed by atoms with Crippen LogP contribution in [0.5, 0.6) is 0 Å². The van der Waals surface area contributed by atoms with Crippen molar-refractivity contribution < 1.29 is 24.2 Å². The first-order valence-corrected chi connectivity index (χ1v) is 11.9. The van der Waals surface area contributed by atoms with Crippen molar-refractivity contribution >= 4 is 18.0 Å². The Morgan fingerprint density at radius 1 is 1.03 bits per heavy atom. The van der Waals surface area contributed by atoms with E-state index in [1.165, 1.54) is 0 Å². The molecule has 3 N–H and O–H groups in total. The van der Waals surface area contributed by atoms with E-state index in [-0.39, 0.29) is 36.7 Å². The van der Waals surface area contributed by atoms with Gasteiger partial charge in [0.25, 0.3) is 0 Å². The second-order valence-electron chi connectivity index (χ2n) is 9.94. The first kappa shape index (κ1) is 23.8. The number of aliphatic carboxylic acids is 1. The van der Waals surface area contributed by atoms with E-state index in [4.69, 9.17) is 9.84 Å². The summed E-state index contributed by atoms with van der Waals surface area (Å²) >= 11 is 0. The standard InChI is InChI=1S/C27H32N2O5/c1-27(2,17-11-12-17)16-28-25(32)23(13-14-24(30)31)29-26(33)34-15-22-20-9-5-3-7-18(20)19-8-4-6-10-21(19)22/h3-10,17,22-23H,11-16H2,1-2H3,(H,28,32)(H,29,33)(H,30,31). The molecule has 7 heteroatoms. The van der Waals surface area contributed by atoms with Crippen molar-refractivity contribution in [3.8, 4) is 11.1 Å². The van der Waals surface area contributed by atoms with Crippen molar-refractivity contribution in [1.29, 1.82) is 0 Å². The van der Waals surface area contributed by atoms with E-state index in [1.54, 1.807) is 0 Å². The second-order valence-corrected chi connectivity index (χ2v) is 9.94. The summed E-state index contributed by atoms with van der Waals surface area (Å²) in [5.74, 6) is -0.918. The fourth-order valence-corrected chi connectivity index (χ4v) is 4.77. The van der Waals surface area contributed by atoms with Gasteiger partial charge < -0.3 is 20.5 Å². The minimum atomic E-state index is -1.02. The molecule has 0 saturated heterocycles. The summed E-state index contributed by atoms with van der Waals surface area (Å²) in [5.41, 5.74) is 4.42. The molecule has 180 valence electrons. The van der Waals surface area contributed by atoms with Gasteiger partial charge in [0.05, 0.1) is 0 Å². The highest BCUT2D eigenvalue weighted by Gasteiger charge is 2.38. The Balaban J connectivity index is 1.38. The van der Waals surface area contributed by atoms with Crippen LogP contribution in [0, 0.1) is 11.3 Å². The Kier molecular flexibility index (Phi) is 6.91. The number of amides is 2. The number of alkyl carbamates (subject to hydrolysis) is 1. The van der Waals surface area contributed by atoms with Gasteiger partial charge in [-0.25, -0.2) is 4.79 Å². The molecule has 7 nitrogen and oxygen atoms in total. The molecule has 1 unspecified atom stereocenters. The zero-order chi connectivity index (χ0) is 24.3. The molecule has 2 aliphatic rings. The van der Waals surface area contributed by atoms with E-state index in [9.17, 15) is 14.4 Å². The van der Waals surface area contributed by atoms with E-state index < -0.39 is 18.1 Å². The number of nitrogens with one attached hydrogen (secondary N) is 2. The van der Waals surface area contributed by atoms with E-state index in [0.717, 1.165) is 35.1 Å². The summed E-state index contributed by atoms with van der Waals surface area (Å²) in [6, 6.07) is 15.1. The third-order valence-electron chi connectivity index (χ3n) is 7.00. The van der Waals surface area contributed by atoms with E-state index in [1.807, 2.05) is 36.4 Å². The molecule has 2 aromatic rings. The fraction of sp³-hybridized carbons (Fsp3) is 0.444. The predicted octanol–water partition coefficient (Wildman–Crippen LogP) is 4.31. The van der Waals surface area contributed by atoms with Gasteiger partial charge in [0.15, 0.2) is 0 Å². The van der Waals surface area contributed by atoms with Crippen molar-refractivity contribution in [3.63, 3.8) is 0 Å². The number of hydrogen-bond donors (Lipinski definition) is 3. The first-order chi connectivity index (χ1) is 16.3. The third kappa shape index (κ3) is 5.41. The molecule has 34 heavy (non-hydrogen) atoms. The van der Waals surface area contributed by atoms with Crippen LogP contribution in [-0.2, 0) is 14.3 Å². The summed E-state index contributed by atoms with van der Waals surface area (Å²) in [4.78, 5) is 36.5. The fourth-order valence-electron chi connectivity index (χ4n) is 4.77. The molecule has 0 aliphatic heterocycles. The summed E-state index contributed by atoms with van der Waals surface area (Å²) < 4.78 is 5.54. The lowest BCUT2D eigenvalue weighted by atomic mass is 9.87. The minimum Gasteiger partial charge on any atom is -0.481 e. The quantitative estimate of drug-likeness (QED) is 0.486. The summed E-state index contributed by atoms with van der Waals surface area (Å²) in [7, 11) is 0. The normalized spacial score (nSPS) is 15.7. The monoisotopic (exact) mass is 464 g/mol. The van der Waals surface area contributed by atoms with Crippen molar-refractivity contribution in [1.82, 2.24) is 10.6 Å². The molecule has 2 amide bonds. The van der Waals surface area contributed by atoms with Gasteiger partial charge in [0.1, 0.15) is 12.6 Å². The average Bonchev–Trinajstić information content (AvgIpc) is 3.63. The molecular formula is C27H32N2O5. The molecule has 0 bridgehead atoms. The van der Waals surface area contributed by atoms with Gasteiger partial charge >= 0.3 is 12.1 Å². The number of rotatable bonds is 10. The molecule has 2 aromatic carbocycles. The number of fused-ring (bicyclic) bond motifs is 3. The zero-order valence-electron chi connectivity index (χ0n) is 19.7. The smallest absolute Gasteiger partial charge is 0.407 e. The summed E-state index contributed by atoms with van der Waals surface area (Å²) in [6.45, 7) is 4.82. The van der Waals surface area contributed by atoms with Crippen LogP contribution in [0.4, 0.5) is 4.79 Å². The maximum atomic E-state index is 12.8.